The number of hydrogen-bond acceptors (Lipinski definition) is 6. The van der Waals surface area contributed by atoms with E-state index in [0.717, 1.165) is 0 Å². The second kappa shape index (κ2) is 7.09. The molecule has 3 rings (SSSR count). The Balaban J connectivity index is 2.14. The average molecular weight is 336 g/mol. The normalized spacial score (nSPS) is 10.5. The molecule has 0 saturated carbocycles. The maximum absolute atomic E-state index is 12.3. The van der Waals surface area contributed by atoms with Crippen molar-refractivity contribution in [3.8, 4) is 11.3 Å². The highest BCUT2D eigenvalue weighted by atomic mass is 16.5. The van der Waals surface area contributed by atoms with Gasteiger partial charge in [0.1, 0.15) is 5.69 Å². The van der Waals surface area contributed by atoms with Gasteiger partial charge in [0, 0.05) is 5.56 Å². The summed E-state index contributed by atoms with van der Waals surface area (Å²) in [4.78, 5) is 32.9. The van der Waals surface area contributed by atoms with Crippen molar-refractivity contribution in [2.45, 2.75) is 6.92 Å². The first kappa shape index (κ1) is 16.6. The van der Waals surface area contributed by atoms with Crippen LogP contribution < -0.4 is 0 Å². The zero-order chi connectivity index (χ0) is 17.8. The minimum atomic E-state index is -0.534. The van der Waals surface area contributed by atoms with Crippen molar-refractivity contribution in [1.82, 2.24) is 9.97 Å². The molecule has 0 unspecified atom stereocenters. The van der Waals surface area contributed by atoms with Crippen LogP contribution in [0.1, 0.15) is 27.8 Å². The number of para-hydroxylation sites is 2. The number of nitrogens with zero attached hydrogens (tertiary/aromatic N) is 2. The summed E-state index contributed by atoms with van der Waals surface area (Å²) in [6.07, 6.45) is 0. The topological polar surface area (TPSA) is 78.4 Å². The number of rotatable bonds is 4. The fourth-order valence-electron chi connectivity index (χ4n) is 2.43. The van der Waals surface area contributed by atoms with Gasteiger partial charge in [0.15, 0.2) is 5.69 Å². The molecule has 6 heteroatoms. The number of fused-ring (bicyclic) bond motifs is 1. The second-order valence-electron chi connectivity index (χ2n) is 5.20. The molecule has 0 saturated heterocycles. The van der Waals surface area contributed by atoms with E-state index in [1.54, 1.807) is 37.3 Å². The van der Waals surface area contributed by atoms with E-state index >= 15 is 0 Å². The third kappa shape index (κ3) is 3.33. The van der Waals surface area contributed by atoms with E-state index in [0.29, 0.717) is 27.9 Å². The molecular weight excluding hydrogens is 320 g/mol. The number of carbonyl (C=O) groups excluding carboxylic acids is 2. The van der Waals surface area contributed by atoms with Crippen LogP contribution in [0.2, 0.25) is 0 Å². The molecule has 0 fully saturated rings. The second-order valence-corrected chi connectivity index (χ2v) is 5.20. The first-order chi connectivity index (χ1) is 12.1. The Labute approximate surface area is 144 Å². The average Bonchev–Trinajstić information content (AvgIpc) is 2.66. The zero-order valence-corrected chi connectivity index (χ0v) is 13.9. The molecule has 0 bridgehead atoms. The maximum atomic E-state index is 12.3. The van der Waals surface area contributed by atoms with Gasteiger partial charge in [-0.25, -0.2) is 19.6 Å². The predicted molar refractivity (Wildman–Crippen MR) is 92.3 cm³/mol. The fraction of sp³-hybridized carbons (Fsp3) is 0.158. The number of hydrogen-bond donors (Lipinski definition) is 0. The van der Waals surface area contributed by atoms with Gasteiger partial charge >= 0.3 is 11.9 Å². The molecule has 6 nitrogen and oxygen atoms in total. The first-order valence-electron chi connectivity index (χ1n) is 7.76. The van der Waals surface area contributed by atoms with E-state index in [1.807, 2.05) is 18.2 Å². The van der Waals surface area contributed by atoms with E-state index in [2.05, 4.69) is 9.97 Å². The predicted octanol–water partition coefficient (Wildman–Crippen LogP) is 3.26. The standard InChI is InChI=1S/C19H16N2O4/c1-3-25-19(23)17-16(20-14-6-4-5-7-15(14)21-17)12-8-10-13(11-9-12)18(22)24-2/h4-11H,3H2,1-2H3. The van der Waals surface area contributed by atoms with E-state index in [4.69, 9.17) is 9.47 Å². The maximum Gasteiger partial charge on any atom is 0.359 e. The molecule has 0 amide bonds. The van der Waals surface area contributed by atoms with Gasteiger partial charge in [-0.15, -0.1) is 0 Å². The molecule has 126 valence electrons. The van der Waals surface area contributed by atoms with Gasteiger partial charge < -0.3 is 9.47 Å². The molecule has 1 aromatic heterocycles. The highest BCUT2D eigenvalue weighted by Gasteiger charge is 2.19. The summed E-state index contributed by atoms with van der Waals surface area (Å²) in [6, 6.07) is 13.9. The third-order valence-corrected chi connectivity index (χ3v) is 3.62. The van der Waals surface area contributed by atoms with Gasteiger partial charge in [0.2, 0.25) is 0 Å². The Bertz CT molecular complexity index is 936. The van der Waals surface area contributed by atoms with Crippen molar-refractivity contribution in [3.05, 3.63) is 59.8 Å². The van der Waals surface area contributed by atoms with Gasteiger partial charge in [-0.1, -0.05) is 24.3 Å². The quantitative estimate of drug-likeness (QED) is 0.681. The lowest BCUT2D eigenvalue weighted by atomic mass is 10.1. The summed E-state index contributed by atoms with van der Waals surface area (Å²) in [6.45, 7) is 1.98. The van der Waals surface area contributed by atoms with Crippen molar-refractivity contribution in [2.24, 2.45) is 0 Å². The van der Waals surface area contributed by atoms with Crippen LogP contribution in [0.4, 0.5) is 0 Å². The van der Waals surface area contributed by atoms with Crippen LogP contribution in [0.25, 0.3) is 22.3 Å². The third-order valence-electron chi connectivity index (χ3n) is 3.62. The van der Waals surface area contributed by atoms with Crippen molar-refractivity contribution in [2.75, 3.05) is 13.7 Å². The van der Waals surface area contributed by atoms with Gasteiger partial charge in [-0.05, 0) is 31.2 Å². The summed E-state index contributed by atoms with van der Waals surface area (Å²) >= 11 is 0. The Kier molecular flexibility index (Phi) is 4.70. The van der Waals surface area contributed by atoms with Gasteiger partial charge in [0.05, 0.1) is 30.3 Å². The summed E-state index contributed by atoms with van der Waals surface area (Å²) in [5, 5.41) is 0. The number of ether oxygens (including phenoxy) is 2. The van der Waals surface area contributed by atoms with Crippen molar-refractivity contribution in [1.29, 1.82) is 0 Å². The molecule has 2 aromatic carbocycles. The lowest BCUT2D eigenvalue weighted by molar-refractivity contribution is 0.0519. The molecule has 3 aromatic rings. The number of benzene rings is 2. The zero-order valence-electron chi connectivity index (χ0n) is 13.9. The fourth-order valence-corrected chi connectivity index (χ4v) is 2.43. The number of methoxy groups -OCH3 is 1. The van der Waals surface area contributed by atoms with Crippen LogP contribution in [0.5, 0.6) is 0 Å². The summed E-state index contributed by atoms with van der Waals surface area (Å²) in [7, 11) is 1.32. The van der Waals surface area contributed by atoms with E-state index in [1.165, 1.54) is 7.11 Å². The monoisotopic (exact) mass is 336 g/mol. The Morgan fingerprint density at radius 3 is 2.16 bits per heavy atom. The van der Waals surface area contributed by atoms with Gasteiger partial charge in [-0.2, -0.15) is 0 Å². The van der Waals surface area contributed by atoms with Crippen molar-refractivity contribution >= 4 is 23.0 Å². The van der Waals surface area contributed by atoms with Crippen LogP contribution in [0.3, 0.4) is 0 Å². The van der Waals surface area contributed by atoms with Gasteiger partial charge in [0.25, 0.3) is 0 Å². The van der Waals surface area contributed by atoms with E-state index in [-0.39, 0.29) is 12.3 Å². The highest BCUT2D eigenvalue weighted by molar-refractivity contribution is 5.97. The first-order valence-corrected chi connectivity index (χ1v) is 7.76. The summed E-state index contributed by atoms with van der Waals surface area (Å²) in [5.74, 6) is -0.963. The molecule has 0 spiro atoms. The lowest BCUT2D eigenvalue weighted by Gasteiger charge is -2.10. The molecule has 0 aliphatic carbocycles. The van der Waals surface area contributed by atoms with Gasteiger partial charge in [-0.3, -0.25) is 0 Å². The van der Waals surface area contributed by atoms with Crippen LogP contribution in [0.15, 0.2) is 48.5 Å². The molecule has 25 heavy (non-hydrogen) atoms. The number of carbonyl (C=O) groups is 2. The van der Waals surface area contributed by atoms with Crippen LogP contribution in [-0.2, 0) is 9.47 Å². The minimum Gasteiger partial charge on any atom is -0.465 e. The Hall–Kier alpha value is -3.28. The largest absolute Gasteiger partial charge is 0.465 e. The van der Waals surface area contributed by atoms with Crippen molar-refractivity contribution in [3.63, 3.8) is 0 Å². The molecular formula is C19H16N2O4. The molecule has 0 radical (unpaired) electrons. The molecule has 0 aliphatic rings. The molecule has 0 N–H and O–H groups in total. The molecule has 1 heterocycles. The molecule has 0 atom stereocenters. The molecule has 0 aliphatic heterocycles. The Morgan fingerprint density at radius 2 is 1.56 bits per heavy atom. The SMILES string of the molecule is CCOC(=O)c1nc2ccccc2nc1-c1ccc(C(=O)OC)cc1. The minimum absolute atomic E-state index is 0.145. The summed E-state index contributed by atoms with van der Waals surface area (Å²) in [5.41, 5.74) is 2.91. The van der Waals surface area contributed by atoms with Crippen LogP contribution in [-0.4, -0.2) is 35.6 Å². The van der Waals surface area contributed by atoms with Crippen LogP contribution in [0, 0.1) is 0 Å². The number of esters is 2. The van der Waals surface area contributed by atoms with Crippen LogP contribution >= 0.6 is 0 Å². The smallest absolute Gasteiger partial charge is 0.359 e. The Morgan fingerprint density at radius 1 is 0.920 bits per heavy atom. The number of aromatic nitrogens is 2. The van der Waals surface area contributed by atoms with E-state index < -0.39 is 11.9 Å². The van der Waals surface area contributed by atoms with Crippen molar-refractivity contribution < 1.29 is 19.1 Å². The highest BCUT2D eigenvalue weighted by Crippen LogP contribution is 2.24. The summed E-state index contributed by atoms with van der Waals surface area (Å²) < 4.78 is 9.80. The lowest BCUT2D eigenvalue weighted by Crippen LogP contribution is -2.11. The van der Waals surface area contributed by atoms with E-state index in [9.17, 15) is 9.59 Å².